The van der Waals surface area contributed by atoms with Crippen LogP contribution in [0.25, 0.3) is 0 Å². The second kappa shape index (κ2) is 7.08. The Balaban J connectivity index is 1.77. The van der Waals surface area contributed by atoms with Gasteiger partial charge in [0.2, 0.25) is 0 Å². The summed E-state index contributed by atoms with van der Waals surface area (Å²) in [6, 6.07) is -0.414. The van der Waals surface area contributed by atoms with Gasteiger partial charge < -0.3 is 15.2 Å². The van der Waals surface area contributed by atoms with Gasteiger partial charge in [0, 0.05) is 30.8 Å². The fourth-order valence-corrected chi connectivity index (χ4v) is 3.07. The van der Waals surface area contributed by atoms with E-state index in [9.17, 15) is 4.79 Å². The molecule has 7 nitrogen and oxygen atoms in total. The Bertz CT molecular complexity index is 657. The highest BCUT2D eigenvalue weighted by molar-refractivity contribution is 7.09. The summed E-state index contributed by atoms with van der Waals surface area (Å²) >= 11 is 1.64. The van der Waals surface area contributed by atoms with E-state index < -0.39 is 0 Å². The maximum absolute atomic E-state index is 11.9. The quantitative estimate of drug-likeness (QED) is 0.876. The summed E-state index contributed by atoms with van der Waals surface area (Å²) in [4.78, 5) is 16.5. The zero-order valence-corrected chi connectivity index (χ0v) is 15.1. The second-order valence-electron chi connectivity index (χ2n) is 6.55. The summed E-state index contributed by atoms with van der Waals surface area (Å²) in [5.74, 6) is 0.717. The number of aromatic nitrogens is 4. The van der Waals surface area contributed by atoms with Crippen LogP contribution in [0.15, 0.2) is 11.7 Å². The Labute approximate surface area is 140 Å². The molecule has 0 aliphatic carbocycles. The van der Waals surface area contributed by atoms with E-state index in [1.807, 2.05) is 14.0 Å². The normalized spacial score (nSPS) is 12.9. The van der Waals surface area contributed by atoms with Gasteiger partial charge in [-0.1, -0.05) is 20.8 Å². The molecule has 0 aromatic carbocycles. The fraction of sp³-hybridized carbons (Fsp3) is 0.600. The summed E-state index contributed by atoms with van der Waals surface area (Å²) in [6.45, 7) is 8.86. The summed E-state index contributed by atoms with van der Waals surface area (Å²) in [7, 11) is 1.85. The predicted molar refractivity (Wildman–Crippen MR) is 90.5 cm³/mol. The minimum absolute atomic E-state index is 0.0606. The molecule has 1 atom stereocenters. The summed E-state index contributed by atoms with van der Waals surface area (Å²) in [5, 5.41) is 16.6. The zero-order valence-electron chi connectivity index (χ0n) is 14.3. The van der Waals surface area contributed by atoms with E-state index in [0.29, 0.717) is 6.54 Å². The van der Waals surface area contributed by atoms with Crippen LogP contribution in [-0.4, -0.2) is 32.3 Å². The lowest BCUT2D eigenvalue weighted by molar-refractivity contribution is 0.237. The molecule has 2 amide bonds. The fourth-order valence-electron chi connectivity index (χ4n) is 2.05. The molecule has 0 unspecified atom stereocenters. The lowest BCUT2D eigenvalue weighted by atomic mass is 9.93. The molecule has 126 valence electrons. The molecule has 0 fully saturated rings. The topological polar surface area (TPSA) is 84.7 Å². The highest BCUT2D eigenvalue weighted by Crippen LogP contribution is 2.23. The number of thiazole rings is 1. The molecule has 2 aromatic heterocycles. The molecular formula is C15H24N6OS. The van der Waals surface area contributed by atoms with Crippen molar-refractivity contribution in [1.82, 2.24) is 30.4 Å². The van der Waals surface area contributed by atoms with E-state index in [2.05, 4.69) is 52.0 Å². The van der Waals surface area contributed by atoms with Gasteiger partial charge in [-0.05, 0) is 6.92 Å². The van der Waals surface area contributed by atoms with Gasteiger partial charge in [0.1, 0.15) is 6.33 Å². The second-order valence-corrected chi connectivity index (χ2v) is 7.49. The van der Waals surface area contributed by atoms with Gasteiger partial charge in [0.25, 0.3) is 0 Å². The average molecular weight is 336 g/mol. The molecule has 2 heterocycles. The Hall–Kier alpha value is -1.96. The van der Waals surface area contributed by atoms with Crippen LogP contribution < -0.4 is 10.6 Å². The van der Waals surface area contributed by atoms with Crippen LogP contribution in [0, 0.1) is 0 Å². The first-order valence-corrected chi connectivity index (χ1v) is 8.48. The van der Waals surface area contributed by atoms with Crippen LogP contribution in [0.2, 0.25) is 0 Å². The monoisotopic (exact) mass is 336 g/mol. The van der Waals surface area contributed by atoms with E-state index in [1.165, 1.54) is 0 Å². The van der Waals surface area contributed by atoms with Gasteiger partial charge >= 0.3 is 6.03 Å². The molecule has 0 bridgehead atoms. The van der Waals surface area contributed by atoms with Gasteiger partial charge in [-0.25, -0.2) is 9.78 Å². The van der Waals surface area contributed by atoms with E-state index in [-0.39, 0.29) is 17.5 Å². The van der Waals surface area contributed by atoms with Gasteiger partial charge in [0.05, 0.1) is 16.7 Å². The average Bonchev–Trinajstić information content (AvgIpc) is 3.06. The minimum Gasteiger partial charge on any atom is -0.338 e. The third kappa shape index (κ3) is 4.75. The van der Waals surface area contributed by atoms with Crippen molar-refractivity contribution in [1.29, 1.82) is 0 Å². The molecule has 0 saturated carbocycles. The number of nitrogens with one attached hydrogen (secondary N) is 2. The van der Waals surface area contributed by atoms with Crippen LogP contribution in [0.4, 0.5) is 4.79 Å². The van der Waals surface area contributed by atoms with E-state index in [1.54, 1.807) is 22.2 Å². The van der Waals surface area contributed by atoms with Crippen LogP contribution >= 0.6 is 11.3 Å². The van der Waals surface area contributed by atoms with Crippen molar-refractivity contribution in [3.8, 4) is 0 Å². The standard InChI is InChI=1S/C15H24N6OS/c1-10(13-20-17-9-21(13)5)18-14(22)16-7-6-12-19-11(8-23-12)15(2,3)4/h8-10H,6-7H2,1-5H3,(H2,16,18,22)/t10-/m1/s1. The Morgan fingerprint density at radius 1 is 1.43 bits per heavy atom. The molecule has 0 spiro atoms. The molecule has 8 heteroatoms. The number of nitrogens with zero attached hydrogens (tertiary/aromatic N) is 4. The maximum atomic E-state index is 11.9. The number of carbonyl (C=O) groups excluding carboxylic acids is 1. The van der Waals surface area contributed by atoms with Crippen molar-refractivity contribution in [3.05, 3.63) is 28.2 Å². The van der Waals surface area contributed by atoms with E-state index in [0.717, 1.165) is 22.9 Å². The lowest BCUT2D eigenvalue weighted by Crippen LogP contribution is -2.38. The molecular weight excluding hydrogens is 312 g/mol. The number of hydrogen-bond acceptors (Lipinski definition) is 5. The molecule has 0 aliphatic heterocycles. The third-order valence-electron chi connectivity index (χ3n) is 3.43. The minimum atomic E-state index is -0.215. The highest BCUT2D eigenvalue weighted by Gasteiger charge is 2.17. The number of aryl methyl sites for hydroxylation is 1. The van der Waals surface area contributed by atoms with Crippen LogP contribution in [-0.2, 0) is 18.9 Å². The summed E-state index contributed by atoms with van der Waals surface area (Å²) in [5.41, 5.74) is 1.16. The number of hydrogen-bond donors (Lipinski definition) is 2. The summed E-state index contributed by atoms with van der Waals surface area (Å²) in [6.07, 6.45) is 2.34. The van der Waals surface area contributed by atoms with E-state index >= 15 is 0 Å². The van der Waals surface area contributed by atoms with Crippen LogP contribution in [0.3, 0.4) is 0 Å². The van der Waals surface area contributed by atoms with Crippen LogP contribution in [0.5, 0.6) is 0 Å². The molecule has 0 aliphatic rings. The van der Waals surface area contributed by atoms with Crippen molar-refractivity contribution in [2.24, 2.45) is 7.05 Å². The van der Waals surface area contributed by atoms with Gasteiger partial charge in [-0.15, -0.1) is 21.5 Å². The predicted octanol–water partition coefficient (Wildman–Crippen LogP) is 2.17. The zero-order chi connectivity index (χ0) is 17.0. The first-order valence-electron chi connectivity index (χ1n) is 7.60. The Kier molecular flexibility index (Phi) is 5.35. The molecule has 0 radical (unpaired) electrons. The third-order valence-corrected chi connectivity index (χ3v) is 4.33. The van der Waals surface area contributed by atoms with E-state index in [4.69, 9.17) is 0 Å². The van der Waals surface area contributed by atoms with Crippen molar-refractivity contribution in [2.75, 3.05) is 6.54 Å². The number of urea groups is 1. The molecule has 23 heavy (non-hydrogen) atoms. The first-order chi connectivity index (χ1) is 10.8. The van der Waals surface area contributed by atoms with Gasteiger partial charge in [-0.2, -0.15) is 0 Å². The maximum Gasteiger partial charge on any atom is 0.315 e. The lowest BCUT2D eigenvalue weighted by Gasteiger charge is -2.14. The van der Waals surface area contributed by atoms with Gasteiger partial charge in [-0.3, -0.25) is 0 Å². The molecule has 2 rings (SSSR count). The van der Waals surface area contributed by atoms with Crippen molar-refractivity contribution >= 4 is 17.4 Å². The van der Waals surface area contributed by atoms with Crippen molar-refractivity contribution in [3.63, 3.8) is 0 Å². The van der Waals surface area contributed by atoms with Gasteiger partial charge in [0.15, 0.2) is 5.82 Å². The molecule has 0 saturated heterocycles. The Morgan fingerprint density at radius 3 is 2.74 bits per heavy atom. The summed E-state index contributed by atoms with van der Waals surface area (Å²) < 4.78 is 1.79. The molecule has 2 aromatic rings. The van der Waals surface area contributed by atoms with Crippen LogP contribution in [0.1, 0.15) is 50.3 Å². The largest absolute Gasteiger partial charge is 0.338 e. The SMILES string of the molecule is C[C@@H](NC(=O)NCCc1nc(C(C)(C)C)cs1)c1nncn1C. The number of carbonyl (C=O) groups is 1. The Morgan fingerprint density at radius 2 is 2.17 bits per heavy atom. The van der Waals surface area contributed by atoms with Crippen molar-refractivity contribution in [2.45, 2.75) is 45.6 Å². The van der Waals surface area contributed by atoms with Crippen molar-refractivity contribution < 1.29 is 4.79 Å². The molecule has 2 N–H and O–H groups in total. The number of rotatable bonds is 5. The first kappa shape index (κ1) is 17.4. The highest BCUT2D eigenvalue weighted by atomic mass is 32.1. The smallest absolute Gasteiger partial charge is 0.315 e. The number of amides is 2.